The monoisotopic (exact) mass is 360 g/mol. The van der Waals surface area contributed by atoms with Crippen molar-refractivity contribution in [3.05, 3.63) is 5.21 Å². The van der Waals surface area contributed by atoms with Gasteiger partial charge in [0.05, 0.1) is 19.8 Å². The SMILES string of the molecule is CCCCCCCCCCCC(=O)NCCC[N+]([O-])(CCO)CCO. The maximum Gasteiger partial charge on any atom is 0.219 e. The molecule has 0 spiro atoms. The van der Waals surface area contributed by atoms with E-state index in [1.54, 1.807) is 0 Å². The summed E-state index contributed by atoms with van der Waals surface area (Å²) in [5.41, 5.74) is 0. The van der Waals surface area contributed by atoms with E-state index in [2.05, 4.69) is 12.2 Å². The number of aliphatic hydroxyl groups excluding tert-OH is 2. The molecule has 0 aliphatic carbocycles. The van der Waals surface area contributed by atoms with Gasteiger partial charge in [0, 0.05) is 19.4 Å². The third-order valence-electron chi connectivity index (χ3n) is 4.59. The Bertz CT molecular complexity index is 308. The van der Waals surface area contributed by atoms with Gasteiger partial charge in [0.25, 0.3) is 0 Å². The lowest BCUT2D eigenvalue weighted by Crippen LogP contribution is -2.47. The fourth-order valence-corrected chi connectivity index (χ4v) is 2.98. The second-order valence-corrected chi connectivity index (χ2v) is 6.96. The van der Waals surface area contributed by atoms with Crippen molar-refractivity contribution in [2.45, 2.75) is 77.6 Å². The Hall–Kier alpha value is -0.690. The molecular formula is C19H40N2O4. The van der Waals surface area contributed by atoms with Crippen LogP contribution in [0.15, 0.2) is 0 Å². The molecule has 3 N–H and O–H groups in total. The van der Waals surface area contributed by atoms with E-state index in [4.69, 9.17) is 10.2 Å². The average molecular weight is 361 g/mol. The average Bonchev–Trinajstić information content (AvgIpc) is 2.58. The standard InChI is InChI=1S/C19H40N2O4/c1-2-3-4-5-6-7-8-9-10-12-19(24)20-13-11-14-21(25,15-17-22)16-18-23/h22-23H,2-18H2,1H3,(H,20,24). The Kier molecular flexibility index (Phi) is 16.3. The molecule has 0 bridgehead atoms. The first-order valence-corrected chi connectivity index (χ1v) is 10.1. The van der Waals surface area contributed by atoms with Gasteiger partial charge in [-0.2, -0.15) is 0 Å². The normalized spacial score (nSPS) is 11.7. The number of hydrogen-bond donors (Lipinski definition) is 3. The predicted molar refractivity (Wildman–Crippen MR) is 102 cm³/mol. The van der Waals surface area contributed by atoms with Crippen LogP contribution in [0, 0.1) is 5.21 Å². The zero-order valence-electron chi connectivity index (χ0n) is 16.2. The van der Waals surface area contributed by atoms with Crippen LogP contribution >= 0.6 is 0 Å². The lowest BCUT2D eigenvalue weighted by molar-refractivity contribution is -0.881. The van der Waals surface area contributed by atoms with Crippen molar-refractivity contribution in [3.8, 4) is 0 Å². The minimum Gasteiger partial charge on any atom is -0.633 e. The smallest absolute Gasteiger partial charge is 0.219 e. The molecule has 25 heavy (non-hydrogen) atoms. The third kappa shape index (κ3) is 15.3. The molecule has 0 aromatic heterocycles. The number of carbonyl (C=O) groups excluding carboxylic acids is 1. The van der Waals surface area contributed by atoms with Gasteiger partial charge in [-0.05, 0) is 6.42 Å². The van der Waals surface area contributed by atoms with Crippen molar-refractivity contribution in [1.82, 2.24) is 5.32 Å². The van der Waals surface area contributed by atoms with Gasteiger partial charge >= 0.3 is 0 Å². The highest BCUT2D eigenvalue weighted by atomic mass is 16.5. The van der Waals surface area contributed by atoms with Crippen LogP contribution in [0.25, 0.3) is 0 Å². The number of nitrogens with zero attached hydrogens (tertiary/aromatic N) is 1. The van der Waals surface area contributed by atoms with Crippen molar-refractivity contribution in [2.24, 2.45) is 0 Å². The molecule has 0 fully saturated rings. The number of quaternary nitrogens is 1. The quantitative estimate of drug-likeness (QED) is 0.199. The maximum absolute atomic E-state index is 12.2. The second kappa shape index (κ2) is 16.8. The zero-order valence-corrected chi connectivity index (χ0v) is 16.2. The molecule has 6 heteroatoms. The number of aliphatic hydroxyl groups is 2. The van der Waals surface area contributed by atoms with Gasteiger partial charge < -0.3 is 25.4 Å². The number of hydrogen-bond acceptors (Lipinski definition) is 4. The molecule has 0 aliphatic heterocycles. The fourth-order valence-electron chi connectivity index (χ4n) is 2.98. The van der Waals surface area contributed by atoms with Crippen LogP contribution in [0.5, 0.6) is 0 Å². The molecule has 0 aromatic carbocycles. The molecule has 0 saturated heterocycles. The van der Waals surface area contributed by atoms with Crippen LogP contribution in [0.1, 0.15) is 77.6 Å². The van der Waals surface area contributed by atoms with Crippen molar-refractivity contribution < 1.29 is 19.7 Å². The van der Waals surface area contributed by atoms with E-state index in [0.717, 1.165) is 12.8 Å². The molecule has 0 aromatic rings. The maximum atomic E-state index is 12.2. The zero-order chi connectivity index (χ0) is 18.8. The first-order chi connectivity index (χ1) is 12.1. The molecule has 0 atom stereocenters. The van der Waals surface area contributed by atoms with E-state index in [0.29, 0.717) is 25.9 Å². The first kappa shape index (κ1) is 24.3. The lowest BCUT2D eigenvalue weighted by Gasteiger charge is -2.42. The molecule has 6 nitrogen and oxygen atoms in total. The van der Waals surface area contributed by atoms with Crippen LogP contribution in [-0.2, 0) is 4.79 Å². The Labute approximate surface area is 153 Å². The summed E-state index contributed by atoms with van der Waals surface area (Å²) >= 11 is 0. The number of hydroxylamine groups is 3. The van der Waals surface area contributed by atoms with Gasteiger partial charge in [-0.3, -0.25) is 4.79 Å². The van der Waals surface area contributed by atoms with E-state index in [9.17, 15) is 10.0 Å². The largest absolute Gasteiger partial charge is 0.633 e. The summed E-state index contributed by atoms with van der Waals surface area (Å²) < 4.78 is -0.596. The molecule has 0 saturated carbocycles. The molecule has 1 amide bonds. The number of nitrogens with one attached hydrogen (secondary N) is 1. The summed E-state index contributed by atoms with van der Waals surface area (Å²) in [7, 11) is 0. The van der Waals surface area contributed by atoms with Crippen LogP contribution in [0.2, 0.25) is 0 Å². The Morgan fingerprint density at radius 1 is 0.840 bits per heavy atom. The lowest BCUT2D eigenvalue weighted by atomic mass is 10.1. The van der Waals surface area contributed by atoms with Crippen LogP contribution in [0.4, 0.5) is 0 Å². The molecule has 0 radical (unpaired) electrons. The Balaban J connectivity index is 3.52. The first-order valence-electron chi connectivity index (χ1n) is 10.1. The van der Waals surface area contributed by atoms with Crippen molar-refractivity contribution in [1.29, 1.82) is 0 Å². The number of rotatable bonds is 18. The van der Waals surface area contributed by atoms with Crippen molar-refractivity contribution >= 4 is 5.91 Å². The van der Waals surface area contributed by atoms with Gasteiger partial charge in [-0.1, -0.05) is 58.3 Å². The molecule has 0 heterocycles. The highest BCUT2D eigenvalue weighted by Crippen LogP contribution is 2.10. The summed E-state index contributed by atoms with van der Waals surface area (Å²) in [4.78, 5) is 11.8. The predicted octanol–water partition coefficient (Wildman–Crippen LogP) is 2.71. The topological polar surface area (TPSA) is 92.6 Å². The Morgan fingerprint density at radius 2 is 1.36 bits per heavy atom. The highest BCUT2D eigenvalue weighted by Gasteiger charge is 2.15. The Morgan fingerprint density at radius 3 is 1.88 bits per heavy atom. The summed E-state index contributed by atoms with van der Waals surface area (Å²) in [6.07, 6.45) is 12.2. The van der Waals surface area contributed by atoms with Gasteiger partial charge in [0.15, 0.2) is 0 Å². The molecule has 150 valence electrons. The van der Waals surface area contributed by atoms with Crippen molar-refractivity contribution in [2.75, 3.05) is 39.4 Å². The molecule has 0 rings (SSSR count). The second-order valence-electron chi connectivity index (χ2n) is 6.96. The van der Waals surface area contributed by atoms with Gasteiger partial charge in [0.2, 0.25) is 5.91 Å². The number of carbonyl (C=O) groups is 1. The summed E-state index contributed by atoms with van der Waals surface area (Å²) in [5, 5.41) is 32.9. The third-order valence-corrected chi connectivity index (χ3v) is 4.59. The van der Waals surface area contributed by atoms with E-state index >= 15 is 0 Å². The molecule has 0 aliphatic rings. The summed E-state index contributed by atoms with van der Waals surface area (Å²) in [6, 6.07) is 0. The minimum absolute atomic E-state index is 0.0521. The van der Waals surface area contributed by atoms with Crippen LogP contribution in [0.3, 0.4) is 0 Å². The van der Waals surface area contributed by atoms with E-state index in [1.807, 2.05) is 0 Å². The van der Waals surface area contributed by atoms with Crippen molar-refractivity contribution in [3.63, 3.8) is 0 Å². The van der Waals surface area contributed by atoms with Gasteiger partial charge in [-0.15, -0.1) is 0 Å². The van der Waals surface area contributed by atoms with E-state index < -0.39 is 4.65 Å². The number of unbranched alkanes of at least 4 members (excludes halogenated alkanes) is 8. The van der Waals surface area contributed by atoms with E-state index in [-0.39, 0.29) is 32.2 Å². The van der Waals surface area contributed by atoms with Crippen LogP contribution < -0.4 is 5.32 Å². The van der Waals surface area contributed by atoms with Crippen LogP contribution in [-0.4, -0.2) is 60.2 Å². The number of amides is 1. The fraction of sp³-hybridized carbons (Fsp3) is 0.947. The van der Waals surface area contributed by atoms with E-state index in [1.165, 1.54) is 44.9 Å². The molecule has 0 unspecified atom stereocenters. The highest BCUT2D eigenvalue weighted by molar-refractivity contribution is 5.75. The minimum atomic E-state index is -0.596. The molecular weight excluding hydrogens is 320 g/mol. The van der Waals surface area contributed by atoms with Gasteiger partial charge in [0.1, 0.15) is 13.1 Å². The summed E-state index contributed by atoms with van der Waals surface area (Å²) in [6.45, 7) is 2.82. The summed E-state index contributed by atoms with van der Waals surface area (Å²) in [5.74, 6) is 0.0521. The van der Waals surface area contributed by atoms with Gasteiger partial charge in [-0.25, -0.2) is 0 Å².